The van der Waals surface area contributed by atoms with Crippen molar-refractivity contribution < 1.29 is 13.9 Å². The molecule has 4 aromatic rings. The van der Waals surface area contributed by atoms with Crippen LogP contribution in [0.15, 0.2) is 73.1 Å². The van der Waals surface area contributed by atoms with E-state index in [1.54, 1.807) is 41.1 Å². The highest BCUT2D eigenvalue weighted by Gasteiger charge is 2.23. The lowest BCUT2D eigenvalue weighted by Gasteiger charge is -2.17. The first-order valence-corrected chi connectivity index (χ1v) is 9.32. The minimum atomic E-state index is -1.08. The molecule has 7 heteroatoms. The summed E-state index contributed by atoms with van der Waals surface area (Å²) < 4.78 is 22.4. The third-order valence-corrected chi connectivity index (χ3v) is 4.89. The van der Waals surface area contributed by atoms with Gasteiger partial charge in [-0.25, -0.2) is 9.37 Å². The lowest BCUT2D eigenvalue weighted by molar-refractivity contribution is 0.0944. The predicted octanol–water partition coefficient (Wildman–Crippen LogP) is 4.82. The maximum absolute atomic E-state index is 15.3. The van der Waals surface area contributed by atoms with Gasteiger partial charge in [0.15, 0.2) is 0 Å². The number of benzene rings is 2. The van der Waals surface area contributed by atoms with Crippen molar-refractivity contribution >= 4 is 23.2 Å². The zero-order valence-electron chi connectivity index (χ0n) is 15.5. The molecule has 2 aromatic carbocycles. The number of alkyl halides is 1. The van der Waals surface area contributed by atoms with E-state index in [0.717, 1.165) is 0 Å². The number of hydrogen-bond donors (Lipinski definition) is 1. The summed E-state index contributed by atoms with van der Waals surface area (Å²) in [4.78, 5) is 16.8. The van der Waals surface area contributed by atoms with Crippen LogP contribution in [-0.4, -0.2) is 22.4 Å². The van der Waals surface area contributed by atoms with E-state index in [0.29, 0.717) is 22.5 Å². The standard InChI is InChI=1S/C22H17ClFN3O2/c1-29-17-11-10-15(20(24)19(17)14-7-3-2-4-8-14)21(23)26-22(28)16-13-27-12-6-5-9-18(27)25-16/h2-13,21H,1H3,(H,26,28). The van der Waals surface area contributed by atoms with Gasteiger partial charge in [0.05, 0.1) is 12.7 Å². The summed E-state index contributed by atoms with van der Waals surface area (Å²) in [5.74, 6) is -0.663. The second-order valence-electron chi connectivity index (χ2n) is 6.34. The second-order valence-corrected chi connectivity index (χ2v) is 6.78. The normalized spacial score (nSPS) is 12.0. The van der Waals surface area contributed by atoms with Crippen molar-refractivity contribution in [2.45, 2.75) is 5.50 Å². The Kier molecular flexibility index (Phi) is 5.18. The van der Waals surface area contributed by atoms with Gasteiger partial charge in [-0.2, -0.15) is 0 Å². The van der Waals surface area contributed by atoms with Crippen molar-refractivity contribution in [3.8, 4) is 16.9 Å². The molecule has 0 saturated carbocycles. The molecule has 1 unspecified atom stereocenters. The molecule has 0 aliphatic carbocycles. The molecule has 0 spiro atoms. The fourth-order valence-electron chi connectivity index (χ4n) is 3.12. The first kappa shape index (κ1) is 19.0. The Morgan fingerprint density at radius 1 is 1.14 bits per heavy atom. The van der Waals surface area contributed by atoms with Gasteiger partial charge in [0.1, 0.15) is 28.4 Å². The maximum Gasteiger partial charge on any atom is 0.272 e. The summed E-state index contributed by atoms with van der Waals surface area (Å²) in [7, 11) is 1.48. The molecule has 2 aromatic heterocycles. The Labute approximate surface area is 171 Å². The zero-order chi connectivity index (χ0) is 20.4. The molecule has 0 radical (unpaired) electrons. The first-order valence-electron chi connectivity index (χ1n) is 8.89. The smallest absolute Gasteiger partial charge is 0.272 e. The predicted molar refractivity (Wildman–Crippen MR) is 110 cm³/mol. The average Bonchev–Trinajstić information content (AvgIpc) is 3.18. The fraction of sp³-hybridized carbons (Fsp3) is 0.0909. The van der Waals surface area contributed by atoms with E-state index in [2.05, 4.69) is 10.3 Å². The second kappa shape index (κ2) is 7.93. The highest BCUT2D eigenvalue weighted by Crippen LogP contribution is 2.37. The molecule has 0 fully saturated rings. The van der Waals surface area contributed by atoms with Gasteiger partial charge in [-0.3, -0.25) is 4.79 Å². The van der Waals surface area contributed by atoms with Crippen LogP contribution in [0.3, 0.4) is 0 Å². The monoisotopic (exact) mass is 409 g/mol. The highest BCUT2D eigenvalue weighted by atomic mass is 35.5. The summed E-state index contributed by atoms with van der Waals surface area (Å²) in [6.45, 7) is 0. The molecular formula is C22H17ClFN3O2. The molecule has 29 heavy (non-hydrogen) atoms. The molecule has 0 saturated heterocycles. The summed E-state index contributed by atoms with van der Waals surface area (Å²) in [6.07, 6.45) is 3.38. The number of amides is 1. The molecule has 5 nitrogen and oxygen atoms in total. The summed E-state index contributed by atoms with van der Waals surface area (Å²) in [6, 6.07) is 17.6. The number of ether oxygens (including phenoxy) is 1. The Hall–Kier alpha value is -3.38. The number of carbonyl (C=O) groups is 1. The van der Waals surface area contributed by atoms with E-state index in [4.69, 9.17) is 16.3 Å². The zero-order valence-corrected chi connectivity index (χ0v) is 16.2. The van der Waals surface area contributed by atoms with Crippen molar-refractivity contribution in [3.63, 3.8) is 0 Å². The van der Waals surface area contributed by atoms with Gasteiger partial charge in [0, 0.05) is 18.0 Å². The molecule has 0 aliphatic heterocycles. The number of fused-ring (bicyclic) bond motifs is 1. The number of halogens is 2. The summed E-state index contributed by atoms with van der Waals surface area (Å²) in [5, 5.41) is 2.60. The number of imidazole rings is 1. The van der Waals surface area contributed by atoms with Crippen LogP contribution in [0.25, 0.3) is 16.8 Å². The van der Waals surface area contributed by atoms with Crippen molar-refractivity contribution in [1.82, 2.24) is 14.7 Å². The van der Waals surface area contributed by atoms with E-state index >= 15 is 4.39 Å². The Bertz CT molecular complexity index is 1140. The van der Waals surface area contributed by atoms with Gasteiger partial charge in [-0.15, -0.1) is 0 Å². The van der Waals surface area contributed by atoms with Gasteiger partial charge in [-0.05, 0) is 29.8 Å². The van der Waals surface area contributed by atoms with Gasteiger partial charge < -0.3 is 14.5 Å². The number of methoxy groups -OCH3 is 1. The van der Waals surface area contributed by atoms with Crippen LogP contribution in [0.4, 0.5) is 4.39 Å². The SMILES string of the molecule is COc1ccc(C(Cl)NC(=O)c2cn3ccccc3n2)c(F)c1-c1ccccc1. The quantitative estimate of drug-likeness (QED) is 0.380. The minimum Gasteiger partial charge on any atom is -0.496 e. The van der Waals surface area contributed by atoms with Gasteiger partial charge in [-0.1, -0.05) is 48.0 Å². The molecule has 0 aliphatic rings. The lowest BCUT2D eigenvalue weighted by Crippen LogP contribution is -2.26. The largest absolute Gasteiger partial charge is 0.496 e. The molecule has 1 N–H and O–H groups in total. The molecule has 2 heterocycles. The van der Waals surface area contributed by atoms with Crippen molar-refractivity contribution in [2.75, 3.05) is 7.11 Å². The van der Waals surface area contributed by atoms with Crippen LogP contribution >= 0.6 is 11.6 Å². The Balaban J connectivity index is 1.64. The van der Waals surface area contributed by atoms with Gasteiger partial charge in [0.25, 0.3) is 5.91 Å². The topological polar surface area (TPSA) is 55.6 Å². The van der Waals surface area contributed by atoms with Crippen molar-refractivity contribution in [2.24, 2.45) is 0 Å². The molecule has 1 atom stereocenters. The number of nitrogens with zero attached hydrogens (tertiary/aromatic N) is 2. The van der Waals surface area contributed by atoms with Crippen LogP contribution in [0.5, 0.6) is 5.75 Å². The number of nitrogens with one attached hydrogen (secondary N) is 1. The number of hydrogen-bond acceptors (Lipinski definition) is 3. The third-order valence-electron chi connectivity index (χ3n) is 4.54. The molecular weight excluding hydrogens is 393 g/mol. The first-order chi connectivity index (χ1) is 14.1. The van der Waals surface area contributed by atoms with E-state index in [-0.39, 0.29) is 11.3 Å². The summed E-state index contributed by atoms with van der Waals surface area (Å²) >= 11 is 6.36. The van der Waals surface area contributed by atoms with Gasteiger partial charge >= 0.3 is 0 Å². The van der Waals surface area contributed by atoms with E-state index < -0.39 is 17.2 Å². The van der Waals surface area contributed by atoms with E-state index in [9.17, 15) is 4.79 Å². The van der Waals surface area contributed by atoms with Crippen LogP contribution in [0, 0.1) is 5.82 Å². The van der Waals surface area contributed by atoms with Crippen molar-refractivity contribution in [1.29, 1.82) is 0 Å². The number of rotatable bonds is 5. The summed E-state index contributed by atoms with van der Waals surface area (Å²) in [5.41, 5.74) is 0.825. The number of aromatic nitrogens is 2. The number of pyridine rings is 1. The molecule has 0 bridgehead atoms. The van der Waals surface area contributed by atoms with E-state index in [1.165, 1.54) is 13.2 Å². The Morgan fingerprint density at radius 2 is 1.90 bits per heavy atom. The van der Waals surface area contributed by atoms with Crippen LogP contribution < -0.4 is 10.1 Å². The van der Waals surface area contributed by atoms with Crippen LogP contribution in [0.1, 0.15) is 21.6 Å². The minimum absolute atomic E-state index is 0.142. The maximum atomic E-state index is 15.3. The molecule has 1 amide bonds. The number of carbonyl (C=O) groups excluding carboxylic acids is 1. The lowest BCUT2D eigenvalue weighted by atomic mass is 10.0. The average molecular weight is 410 g/mol. The molecule has 4 rings (SSSR count). The van der Waals surface area contributed by atoms with Crippen molar-refractivity contribution in [3.05, 3.63) is 90.1 Å². The van der Waals surface area contributed by atoms with Crippen LogP contribution in [0.2, 0.25) is 0 Å². The molecule has 146 valence electrons. The van der Waals surface area contributed by atoms with E-state index in [1.807, 2.05) is 30.3 Å². The highest BCUT2D eigenvalue weighted by molar-refractivity contribution is 6.22. The Morgan fingerprint density at radius 3 is 2.62 bits per heavy atom. The fourth-order valence-corrected chi connectivity index (χ4v) is 3.39. The van der Waals surface area contributed by atoms with Gasteiger partial charge in [0.2, 0.25) is 0 Å². The van der Waals surface area contributed by atoms with Crippen LogP contribution in [-0.2, 0) is 0 Å². The third kappa shape index (κ3) is 3.67.